The van der Waals surface area contributed by atoms with Gasteiger partial charge < -0.3 is 5.32 Å². The lowest BCUT2D eigenvalue weighted by Crippen LogP contribution is -2.18. The molecule has 3 rings (SSSR count). The number of fused-ring (bicyclic) bond motifs is 1. The summed E-state index contributed by atoms with van der Waals surface area (Å²) in [6, 6.07) is 17.0. The quantitative estimate of drug-likeness (QED) is 0.765. The van der Waals surface area contributed by atoms with Gasteiger partial charge in [-0.15, -0.1) is 0 Å². The van der Waals surface area contributed by atoms with Crippen molar-refractivity contribution in [2.24, 2.45) is 0 Å². The van der Waals surface area contributed by atoms with Crippen LogP contribution >= 0.6 is 0 Å². The third kappa shape index (κ3) is 3.02. The van der Waals surface area contributed by atoms with Crippen molar-refractivity contribution in [1.29, 1.82) is 0 Å². The van der Waals surface area contributed by atoms with Crippen LogP contribution in [-0.4, -0.2) is 11.0 Å². The van der Waals surface area contributed by atoms with Crippen LogP contribution in [0, 0.1) is 5.82 Å². The SMILES string of the molecule is CC(Cc1ccccc1F)Nc1cccc2ncccc12. The van der Waals surface area contributed by atoms with Crippen molar-refractivity contribution in [2.75, 3.05) is 5.32 Å². The summed E-state index contributed by atoms with van der Waals surface area (Å²) >= 11 is 0. The molecule has 0 fully saturated rings. The number of hydrogen-bond donors (Lipinski definition) is 1. The van der Waals surface area contributed by atoms with Crippen LogP contribution in [0.2, 0.25) is 0 Å². The zero-order valence-corrected chi connectivity index (χ0v) is 11.9. The summed E-state index contributed by atoms with van der Waals surface area (Å²) in [5, 5.41) is 4.54. The molecule has 0 aliphatic heterocycles. The van der Waals surface area contributed by atoms with Gasteiger partial charge in [-0.2, -0.15) is 0 Å². The van der Waals surface area contributed by atoms with Crippen LogP contribution in [0.5, 0.6) is 0 Å². The van der Waals surface area contributed by atoms with Gasteiger partial charge in [-0.3, -0.25) is 4.98 Å². The van der Waals surface area contributed by atoms with Crippen molar-refractivity contribution < 1.29 is 4.39 Å². The van der Waals surface area contributed by atoms with Gasteiger partial charge >= 0.3 is 0 Å². The second-order valence-electron chi connectivity index (χ2n) is 5.22. The summed E-state index contributed by atoms with van der Waals surface area (Å²) < 4.78 is 13.7. The summed E-state index contributed by atoms with van der Waals surface area (Å²) in [4.78, 5) is 4.35. The first-order chi connectivity index (χ1) is 10.2. The van der Waals surface area contributed by atoms with Crippen molar-refractivity contribution in [1.82, 2.24) is 4.98 Å². The maximum absolute atomic E-state index is 13.7. The van der Waals surface area contributed by atoms with E-state index in [-0.39, 0.29) is 11.9 Å². The molecule has 1 aromatic heterocycles. The predicted molar refractivity (Wildman–Crippen MR) is 84.9 cm³/mol. The Morgan fingerprint density at radius 2 is 1.90 bits per heavy atom. The lowest BCUT2D eigenvalue weighted by atomic mass is 10.1. The van der Waals surface area contributed by atoms with Gasteiger partial charge in [0.15, 0.2) is 0 Å². The van der Waals surface area contributed by atoms with Crippen LogP contribution in [0.1, 0.15) is 12.5 Å². The van der Waals surface area contributed by atoms with E-state index < -0.39 is 0 Å². The maximum atomic E-state index is 13.7. The van der Waals surface area contributed by atoms with Crippen LogP contribution < -0.4 is 5.32 Å². The first-order valence-electron chi connectivity index (χ1n) is 7.08. The van der Waals surface area contributed by atoms with Crippen molar-refractivity contribution in [3.63, 3.8) is 0 Å². The maximum Gasteiger partial charge on any atom is 0.126 e. The van der Waals surface area contributed by atoms with E-state index >= 15 is 0 Å². The zero-order chi connectivity index (χ0) is 14.7. The Bertz CT molecular complexity index is 750. The zero-order valence-electron chi connectivity index (χ0n) is 11.9. The number of nitrogens with one attached hydrogen (secondary N) is 1. The average Bonchev–Trinajstić information content (AvgIpc) is 2.50. The molecular weight excluding hydrogens is 263 g/mol. The van der Waals surface area contributed by atoms with Crippen LogP contribution in [-0.2, 0) is 6.42 Å². The standard InChI is InChI=1S/C18H17FN2/c1-13(12-14-6-2-3-8-16(14)19)21-18-10-4-9-17-15(18)7-5-11-20-17/h2-11,13,21H,12H2,1H3. The van der Waals surface area contributed by atoms with Crippen LogP contribution in [0.3, 0.4) is 0 Å². The molecule has 1 atom stereocenters. The molecule has 21 heavy (non-hydrogen) atoms. The summed E-state index contributed by atoms with van der Waals surface area (Å²) in [5.74, 6) is -0.147. The minimum Gasteiger partial charge on any atom is -0.382 e. The van der Waals surface area contributed by atoms with E-state index in [1.165, 1.54) is 6.07 Å². The van der Waals surface area contributed by atoms with Gasteiger partial charge in [-0.25, -0.2) is 4.39 Å². The minimum absolute atomic E-state index is 0.132. The second kappa shape index (κ2) is 5.92. The van der Waals surface area contributed by atoms with Gasteiger partial charge in [0.1, 0.15) is 5.82 Å². The number of benzene rings is 2. The molecule has 3 heteroatoms. The molecule has 0 amide bonds. The predicted octanol–water partition coefficient (Wildman–Crippen LogP) is 4.42. The first-order valence-corrected chi connectivity index (χ1v) is 7.08. The van der Waals surface area contributed by atoms with E-state index in [0.717, 1.165) is 22.2 Å². The lowest BCUT2D eigenvalue weighted by Gasteiger charge is -2.17. The molecule has 2 nitrogen and oxygen atoms in total. The summed E-state index contributed by atoms with van der Waals surface area (Å²) in [7, 11) is 0. The lowest BCUT2D eigenvalue weighted by molar-refractivity contribution is 0.601. The third-order valence-corrected chi connectivity index (χ3v) is 3.53. The fraction of sp³-hybridized carbons (Fsp3) is 0.167. The molecular formula is C18H17FN2. The van der Waals surface area contributed by atoms with Gasteiger partial charge in [0.05, 0.1) is 5.52 Å². The van der Waals surface area contributed by atoms with Gasteiger partial charge in [0.25, 0.3) is 0 Å². The molecule has 0 spiro atoms. The summed E-state index contributed by atoms with van der Waals surface area (Å²) in [5.41, 5.74) is 2.72. The molecule has 106 valence electrons. The van der Waals surface area contributed by atoms with Crippen LogP contribution in [0.15, 0.2) is 60.8 Å². The highest BCUT2D eigenvalue weighted by molar-refractivity contribution is 5.91. The number of hydrogen-bond acceptors (Lipinski definition) is 2. The Kier molecular flexibility index (Phi) is 3.82. The second-order valence-corrected chi connectivity index (χ2v) is 5.22. The highest BCUT2D eigenvalue weighted by Crippen LogP contribution is 2.22. The molecule has 3 aromatic rings. The molecule has 0 saturated heterocycles. The molecule has 2 aromatic carbocycles. The van der Waals surface area contributed by atoms with E-state index in [1.807, 2.05) is 42.5 Å². The van der Waals surface area contributed by atoms with E-state index in [1.54, 1.807) is 12.3 Å². The first kappa shape index (κ1) is 13.6. The number of anilines is 1. The van der Waals surface area contributed by atoms with Gasteiger partial charge in [-0.05, 0) is 49.2 Å². The van der Waals surface area contributed by atoms with Gasteiger partial charge in [0, 0.05) is 23.3 Å². The molecule has 0 bridgehead atoms. The Balaban J connectivity index is 1.81. The average molecular weight is 280 g/mol. The van der Waals surface area contributed by atoms with Crippen molar-refractivity contribution >= 4 is 16.6 Å². The number of rotatable bonds is 4. The Labute approximate surface area is 123 Å². The monoisotopic (exact) mass is 280 g/mol. The molecule has 1 N–H and O–H groups in total. The van der Waals surface area contributed by atoms with Crippen molar-refractivity contribution in [3.05, 3.63) is 72.2 Å². The molecule has 1 unspecified atom stereocenters. The number of nitrogens with zero attached hydrogens (tertiary/aromatic N) is 1. The number of pyridine rings is 1. The highest BCUT2D eigenvalue weighted by Gasteiger charge is 2.09. The molecule has 0 radical (unpaired) electrons. The topological polar surface area (TPSA) is 24.9 Å². The van der Waals surface area contributed by atoms with Crippen LogP contribution in [0.25, 0.3) is 10.9 Å². The summed E-state index contributed by atoms with van der Waals surface area (Å²) in [6.07, 6.45) is 2.43. The third-order valence-electron chi connectivity index (χ3n) is 3.53. The van der Waals surface area contributed by atoms with Gasteiger partial charge in [0.2, 0.25) is 0 Å². The normalized spacial score (nSPS) is 12.3. The largest absolute Gasteiger partial charge is 0.382 e. The fourth-order valence-corrected chi connectivity index (χ4v) is 2.54. The Morgan fingerprint density at radius 3 is 2.76 bits per heavy atom. The van der Waals surface area contributed by atoms with E-state index in [9.17, 15) is 4.39 Å². The van der Waals surface area contributed by atoms with Crippen molar-refractivity contribution in [3.8, 4) is 0 Å². The molecule has 0 aliphatic carbocycles. The number of halogens is 1. The molecule has 0 aliphatic rings. The van der Waals surface area contributed by atoms with E-state index in [4.69, 9.17) is 0 Å². The highest BCUT2D eigenvalue weighted by atomic mass is 19.1. The smallest absolute Gasteiger partial charge is 0.126 e. The van der Waals surface area contributed by atoms with E-state index in [0.29, 0.717) is 6.42 Å². The molecule has 0 saturated carbocycles. The number of aromatic nitrogens is 1. The Morgan fingerprint density at radius 1 is 1.05 bits per heavy atom. The van der Waals surface area contributed by atoms with Crippen LogP contribution in [0.4, 0.5) is 10.1 Å². The summed E-state index contributed by atoms with van der Waals surface area (Å²) in [6.45, 7) is 2.06. The fourth-order valence-electron chi connectivity index (χ4n) is 2.54. The Hall–Kier alpha value is -2.42. The molecule has 1 heterocycles. The minimum atomic E-state index is -0.147. The van der Waals surface area contributed by atoms with Crippen molar-refractivity contribution in [2.45, 2.75) is 19.4 Å². The van der Waals surface area contributed by atoms with Gasteiger partial charge in [-0.1, -0.05) is 24.3 Å². The van der Waals surface area contributed by atoms with E-state index in [2.05, 4.69) is 17.2 Å².